The average Bonchev–Trinajstić information content (AvgIpc) is 1.52. The number of aliphatic hydroxyl groups is 5. The lowest BCUT2D eigenvalue weighted by Crippen LogP contribution is -2.39. The number of Topliss-reactive ketones (excluding diaryl/α,β-unsaturated/α-hetero) is 4. The van der Waals surface area contributed by atoms with Crippen LogP contribution in [0.1, 0.15) is 241 Å². The van der Waals surface area contributed by atoms with E-state index in [2.05, 4.69) is 80.9 Å². The molecule has 9 unspecified atom stereocenters. The number of hydrogen-bond donors (Lipinski definition) is 9. The van der Waals surface area contributed by atoms with Crippen LogP contribution < -0.4 is 0 Å². The van der Waals surface area contributed by atoms with Gasteiger partial charge < -0.3 is 46.0 Å². The van der Waals surface area contributed by atoms with Gasteiger partial charge in [0.25, 0.3) is 0 Å². The van der Waals surface area contributed by atoms with Gasteiger partial charge in [0.15, 0.2) is 11.6 Å². The summed E-state index contributed by atoms with van der Waals surface area (Å²) in [6.07, 6.45) is 22.1. The Kier molecular flexibility index (Phi) is 20.2. The van der Waals surface area contributed by atoms with Crippen LogP contribution in [0.4, 0.5) is 0 Å². The number of halogens is 1. The molecule has 102 heavy (non-hydrogen) atoms. The zero-order chi connectivity index (χ0) is 73.2. The lowest BCUT2D eigenvalue weighted by atomic mass is 9.60. The molecule has 14 heteroatoms. The molecule has 0 aliphatic heterocycles. The summed E-state index contributed by atoms with van der Waals surface area (Å²) in [4.78, 5) is 48.2. The fraction of sp³-hybridized carbons (Fsp3) is 0.591. The molecule has 0 bridgehead atoms. The molecule has 13 nitrogen and oxygen atoms in total. The molecule has 548 valence electrons. The molecule has 4 aromatic carbocycles. The monoisotopic (exact) mass is 1450 g/mol. The molecule has 14 aliphatic carbocycles. The first kappa shape index (κ1) is 74.3. The number of phenols is 4. The number of benzene rings is 4. The van der Waals surface area contributed by atoms with Crippen molar-refractivity contribution in [2.75, 3.05) is 0 Å². The lowest BCUT2D eigenvalue weighted by molar-refractivity contribution is -0.131. The number of allylic oxidation sites excluding steroid dienone is 8. The zero-order valence-corrected chi connectivity index (χ0v) is 63.3. The minimum atomic E-state index is -0.704. The molecule has 0 spiro atoms. The Morgan fingerprint density at radius 3 is 1.35 bits per heavy atom. The van der Waals surface area contributed by atoms with Crippen molar-refractivity contribution in [3.63, 3.8) is 0 Å². The summed E-state index contributed by atoms with van der Waals surface area (Å²) in [7, 11) is 0. The van der Waals surface area contributed by atoms with Crippen LogP contribution in [0.5, 0.6) is 23.0 Å². The number of aryl methyl sites for hydroxylation is 2. The van der Waals surface area contributed by atoms with Crippen molar-refractivity contribution in [3.05, 3.63) is 152 Å². The Labute approximate surface area is 612 Å². The molecule has 0 radical (unpaired) electrons. The average molecular weight is 1460 g/mol. The van der Waals surface area contributed by atoms with Gasteiger partial charge in [-0.1, -0.05) is 144 Å². The summed E-state index contributed by atoms with van der Waals surface area (Å²) in [6.45, 7) is 20.5. The van der Waals surface area contributed by atoms with Crippen LogP contribution in [0.3, 0.4) is 0 Å². The molecule has 0 aromatic heterocycles. The second kappa shape index (κ2) is 27.7. The third-order valence-electron chi connectivity index (χ3n) is 29.5. The summed E-state index contributed by atoms with van der Waals surface area (Å²) in [5.74, 6) is 6.01. The van der Waals surface area contributed by atoms with Crippen LogP contribution in [-0.2, 0) is 44.9 Å². The largest absolute Gasteiger partial charge is 0.508 e. The van der Waals surface area contributed by atoms with Gasteiger partial charge in [-0.05, 0) is 274 Å². The highest BCUT2D eigenvalue weighted by molar-refractivity contribution is 9.10. The van der Waals surface area contributed by atoms with E-state index in [-0.39, 0.29) is 43.1 Å². The molecule has 8 saturated carbocycles. The Hall–Kier alpha value is -6.00. The first-order chi connectivity index (χ1) is 48.1. The van der Waals surface area contributed by atoms with Crippen molar-refractivity contribution >= 4 is 50.2 Å². The van der Waals surface area contributed by atoms with E-state index >= 15 is 0 Å². The van der Waals surface area contributed by atoms with Gasteiger partial charge in [0.05, 0.1) is 29.2 Å². The van der Waals surface area contributed by atoms with Crippen LogP contribution in [0.2, 0.25) is 0 Å². The quantitative estimate of drug-likeness (QED) is 0.0588. The Morgan fingerprint density at radius 1 is 0.422 bits per heavy atom. The summed E-state index contributed by atoms with van der Waals surface area (Å²) in [5, 5.41) is 87.0. The molecule has 18 rings (SSSR count). The van der Waals surface area contributed by atoms with E-state index in [1.54, 1.807) is 29.8 Å². The first-order valence-electron chi connectivity index (χ1n) is 38.4. The van der Waals surface area contributed by atoms with E-state index < -0.39 is 30.5 Å². The molecular formula is C88H111BrO13. The van der Waals surface area contributed by atoms with Crippen molar-refractivity contribution in [1.29, 1.82) is 0 Å². The zero-order valence-electron chi connectivity index (χ0n) is 61.8. The summed E-state index contributed by atoms with van der Waals surface area (Å²) >= 11 is 3.58. The summed E-state index contributed by atoms with van der Waals surface area (Å²) < 4.78 is 0. The Balaban J connectivity index is 0.000000112. The van der Waals surface area contributed by atoms with Crippen molar-refractivity contribution in [2.24, 2.45) is 68.0 Å². The van der Waals surface area contributed by atoms with Gasteiger partial charge in [0, 0.05) is 51.8 Å². The highest BCUT2D eigenvalue weighted by Crippen LogP contribution is 2.63. The van der Waals surface area contributed by atoms with Crippen LogP contribution in [0.15, 0.2) is 107 Å². The number of ketones is 4. The Morgan fingerprint density at radius 2 is 0.882 bits per heavy atom. The van der Waals surface area contributed by atoms with Crippen LogP contribution in [0.25, 0.3) is 11.1 Å². The maximum Gasteiger partial charge on any atom is 0.167 e. The number of carbonyl (C=O) groups is 4. The van der Waals surface area contributed by atoms with E-state index in [0.717, 1.165) is 128 Å². The molecule has 0 saturated heterocycles. The highest BCUT2D eigenvalue weighted by atomic mass is 79.9. The van der Waals surface area contributed by atoms with Crippen molar-refractivity contribution in [1.82, 2.24) is 0 Å². The second-order valence-electron chi connectivity index (χ2n) is 35.4. The second-order valence-corrected chi connectivity index (χ2v) is 36.5. The van der Waals surface area contributed by atoms with E-state index in [1.807, 2.05) is 65.0 Å². The maximum atomic E-state index is 12.5. The molecule has 18 atom stereocenters. The van der Waals surface area contributed by atoms with Crippen molar-refractivity contribution in [2.45, 2.75) is 258 Å². The van der Waals surface area contributed by atoms with E-state index in [1.165, 1.54) is 72.4 Å². The normalized spacial score (nSPS) is 36.9. The number of rotatable bonds is 0. The number of carbonyl (C=O) groups excluding carboxylic acids is 4. The lowest BCUT2D eigenvalue weighted by Gasteiger charge is -2.43. The van der Waals surface area contributed by atoms with E-state index in [0.29, 0.717) is 101 Å². The maximum absolute atomic E-state index is 12.5. The SMILES string of the molecule is CC1C[C@@H](O)C(=O)C1(C)C.CC1C[C@@H](O)[C@H](O)C1(C)C.C[C@]12CCC3=C(CCc4cc(O)ccc43)C1CCC2=O.C[C@]12CCC3=C(CCc4cc(O)ccc43)C1C[C@@H](O)[C@@H]2O.C[C@]12CCC3C(=CCc4cc(O)ccc43)C1CC(Br)C2=O.C[C@]12CCC3C(=CCc4cc(O)ccc43)C1CCC2=O. The third kappa shape index (κ3) is 12.8. The predicted octanol–water partition coefficient (Wildman–Crippen LogP) is 16.1. The van der Waals surface area contributed by atoms with Gasteiger partial charge in [0.1, 0.15) is 40.7 Å². The van der Waals surface area contributed by atoms with Crippen molar-refractivity contribution < 1.29 is 65.1 Å². The molecule has 14 aliphatic rings. The van der Waals surface area contributed by atoms with Gasteiger partial charge in [-0.15, -0.1) is 0 Å². The number of alkyl halides is 1. The molecule has 0 amide bonds. The number of fused-ring (bicyclic) bond motifs is 18. The number of aliphatic hydroxyl groups excluding tert-OH is 5. The predicted molar refractivity (Wildman–Crippen MR) is 401 cm³/mol. The Bertz CT molecular complexity index is 4130. The van der Waals surface area contributed by atoms with Crippen LogP contribution >= 0.6 is 15.9 Å². The molecule has 8 fully saturated rings. The molecular weight excluding hydrogens is 1340 g/mol. The fourth-order valence-electron chi connectivity index (χ4n) is 22.0. The molecule has 0 heterocycles. The van der Waals surface area contributed by atoms with Gasteiger partial charge >= 0.3 is 0 Å². The van der Waals surface area contributed by atoms with E-state index in [4.69, 9.17) is 5.11 Å². The minimum absolute atomic E-state index is 0.000000000000000444. The van der Waals surface area contributed by atoms with E-state index in [9.17, 15) is 60.0 Å². The highest BCUT2D eigenvalue weighted by Gasteiger charge is 2.58. The van der Waals surface area contributed by atoms with Crippen LogP contribution in [-0.4, -0.2) is 104 Å². The molecule has 4 aromatic rings. The van der Waals surface area contributed by atoms with Gasteiger partial charge in [-0.25, -0.2) is 0 Å². The summed E-state index contributed by atoms with van der Waals surface area (Å²) in [5.41, 5.74) is 18.2. The third-order valence-corrected chi connectivity index (χ3v) is 30.2. The van der Waals surface area contributed by atoms with Crippen LogP contribution in [0, 0.1) is 68.0 Å². The summed E-state index contributed by atoms with van der Waals surface area (Å²) in [6, 6.07) is 23.0. The number of aromatic hydroxyl groups is 4. The first-order valence-corrected chi connectivity index (χ1v) is 39.3. The van der Waals surface area contributed by atoms with Gasteiger partial charge in [-0.3, -0.25) is 19.2 Å². The standard InChI is InChI=1S/C18H19BrO2.C18H22O3.2C18H20O2.C8H16O2.C8H14O2/c1-18-7-6-13-12-5-3-11(20)8-10(12)2-4-14(13)15(18)9-16(19)17(18)21;1-18-7-6-13-12-5-3-11(19)8-10(12)2-4-14(13)15(18)9-16(20)17(18)21;2*1-18-9-8-14-13-5-3-12(19)10-11(13)2-4-15(14)16(18)6-7-17(18)20;2*1-5-4-6(9)7(10)8(5,2)3/h3-5,8,13,15-16,20H,2,6-7,9H2,1H3;3,5,8,15-17,19-21H,2,4,6-7,9H2,1H3;3,5,10,16,19H,2,4,6-9H2,1H3;3-5,10,14,16,19H,2,6-9H2,1H3;5-7,9-10H,4H2,1-3H3;5-6,9H,4H2,1-3H3/t13?,15?,16?,18-;15?,16-,17+,18+;16?,18-;14?,16?,18-;5?,6-,7+;5?,6-/m010011/s1. The number of phenolic OH excluding ortho intramolecular Hbond substituents is 4. The van der Waals surface area contributed by atoms with Gasteiger partial charge in [-0.2, -0.15) is 0 Å². The fourth-order valence-corrected chi connectivity index (χ4v) is 22.9. The smallest absolute Gasteiger partial charge is 0.167 e. The molecule has 9 N–H and O–H groups in total. The topological polar surface area (TPSA) is 250 Å². The van der Waals surface area contributed by atoms with Crippen molar-refractivity contribution in [3.8, 4) is 23.0 Å². The van der Waals surface area contributed by atoms with Gasteiger partial charge in [0.2, 0.25) is 0 Å². The number of hydrogen-bond acceptors (Lipinski definition) is 13. The minimum Gasteiger partial charge on any atom is -0.508 e.